The third-order valence-corrected chi connectivity index (χ3v) is 5.63. The van der Waals surface area contributed by atoms with Crippen molar-refractivity contribution in [1.82, 2.24) is 15.0 Å². The van der Waals surface area contributed by atoms with Gasteiger partial charge in [0.05, 0.1) is 5.92 Å². The number of carbonyl (C=O) groups is 1. The normalized spacial score (nSPS) is 17.4. The molecule has 1 aromatic heterocycles. The topological polar surface area (TPSA) is 68.5 Å². The number of carbonyl (C=O) groups excluding carboxylic acids is 1. The lowest BCUT2D eigenvalue weighted by Gasteiger charge is -2.32. The molecular formula is C23H23ClFN3O3. The van der Waals surface area contributed by atoms with Crippen molar-refractivity contribution in [2.45, 2.75) is 38.7 Å². The molecule has 0 bridgehead atoms. The van der Waals surface area contributed by atoms with Crippen LogP contribution in [-0.2, 0) is 4.79 Å². The van der Waals surface area contributed by atoms with Gasteiger partial charge < -0.3 is 14.2 Å². The average molecular weight is 444 g/mol. The van der Waals surface area contributed by atoms with Crippen LogP contribution in [0.2, 0.25) is 5.02 Å². The Kier molecular flexibility index (Phi) is 6.23. The minimum Gasteiger partial charge on any atom is -0.481 e. The molecule has 4 rings (SSSR count). The van der Waals surface area contributed by atoms with Gasteiger partial charge in [0.25, 0.3) is 5.91 Å². The van der Waals surface area contributed by atoms with Crippen LogP contribution in [-0.4, -0.2) is 40.1 Å². The van der Waals surface area contributed by atoms with Gasteiger partial charge in [-0.3, -0.25) is 4.79 Å². The summed E-state index contributed by atoms with van der Waals surface area (Å²) in [6, 6.07) is 11.4. The van der Waals surface area contributed by atoms with Crippen LogP contribution in [0, 0.1) is 12.7 Å². The lowest BCUT2D eigenvalue weighted by atomic mass is 9.97. The Morgan fingerprint density at radius 3 is 2.94 bits per heavy atom. The van der Waals surface area contributed by atoms with Crippen LogP contribution in [0.15, 0.2) is 47.0 Å². The number of halogens is 2. The molecule has 0 aliphatic carbocycles. The van der Waals surface area contributed by atoms with Crippen LogP contribution in [0.3, 0.4) is 0 Å². The number of aromatic nitrogens is 2. The summed E-state index contributed by atoms with van der Waals surface area (Å²) < 4.78 is 24.8. The Labute approximate surface area is 185 Å². The minimum atomic E-state index is -0.635. The van der Waals surface area contributed by atoms with E-state index in [1.807, 2.05) is 6.92 Å². The minimum absolute atomic E-state index is 0.0722. The fraction of sp³-hybridized carbons (Fsp3) is 0.348. The lowest BCUT2D eigenvalue weighted by Crippen LogP contribution is -2.45. The molecule has 2 heterocycles. The molecule has 31 heavy (non-hydrogen) atoms. The largest absolute Gasteiger partial charge is 0.481 e. The van der Waals surface area contributed by atoms with Gasteiger partial charge in [-0.2, -0.15) is 4.98 Å². The molecule has 1 amide bonds. The molecule has 0 N–H and O–H groups in total. The van der Waals surface area contributed by atoms with E-state index in [1.54, 1.807) is 42.2 Å². The number of likely N-dealkylation sites (tertiary alicyclic amines) is 1. The van der Waals surface area contributed by atoms with Crippen molar-refractivity contribution in [1.29, 1.82) is 0 Å². The quantitative estimate of drug-likeness (QED) is 0.554. The highest BCUT2D eigenvalue weighted by Gasteiger charge is 2.31. The van der Waals surface area contributed by atoms with E-state index >= 15 is 0 Å². The number of aryl methyl sites for hydroxylation is 1. The molecule has 3 aromatic rings. The van der Waals surface area contributed by atoms with Gasteiger partial charge in [-0.15, -0.1) is 0 Å². The first-order valence-electron chi connectivity index (χ1n) is 10.2. The van der Waals surface area contributed by atoms with Crippen molar-refractivity contribution in [2.75, 3.05) is 13.1 Å². The van der Waals surface area contributed by atoms with Crippen LogP contribution in [0.1, 0.15) is 37.1 Å². The van der Waals surface area contributed by atoms with Crippen molar-refractivity contribution < 1.29 is 18.4 Å². The van der Waals surface area contributed by atoms with E-state index in [0.29, 0.717) is 41.1 Å². The standard InChI is InChI=1S/C23H23ClFN3O3/c1-14-11-18(24)8-9-20(14)30-15(2)23(29)28-10-4-6-17(13-28)22-26-21(27-31-22)16-5-3-7-19(25)12-16/h3,5,7-9,11-12,15,17H,4,6,10,13H2,1-2H3. The SMILES string of the molecule is Cc1cc(Cl)ccc1OC(C)C(=O)N1CCCC(c2nc(-c3cccc(F)c3)no2)C1. The number of hydrogen-bond acceptors (Lipinski definition) is 5. The summed E-state index contributed by atoms with van der Waals surface area (Å²) in [6.07, 6.45) is 1.02. The second-order valence-corrected chi connectivity index (χ2v) is 8.20. The molecule has 6 nitrogen and oxygen atoms in total. The molecule has 1 fully saturated rings. The third-order valence-electron chi connectivity index (χ3n) is 5.40. The number of ether oxygens (including phenoxy) is 1. The summed E-state index contributed by atoms with van der Waals surface area (Å²) in [6.45, 7) is 4.75. The van der Waals surface area contributed by atoms with Gasteiger partial charge >= 0.3 is 0 Å². The van der Waals surface area contributed by atoms with E-state index < -0.39 is 6.10 Å². The van der Waals surface area contributed by atoms with Gasteiger partial charge in [0.1, 0.15) is 11.6 Å². The number of nitrogens with zero attached hydrogens (tertiary/aromatic N) is 3. The van der Waals surface area contributed by atoms with Gasteiger partial charge in [-0.25, -0.2) is 4.39 Å². The van der Waals surface area contributed by atoms with Gasteiger partial charge in [-0.1, -0.05) is 28.9 Å². The van der Waals surface area contributed by atoms with Crippen LogP contribution in [0.5, 0.6) is 5.75 Å². The molecule has 1 aliphatic rings. The molecule has 1 aliphatic heterocycles. The average Bonchev–Trinajstić information content (AvgIpc) is 3.26. The van der Waals surface area contributed by atoms with E-state index in [-0.39, 0.29) is 17.6 Å². The number of amides is 1. The van der Waals surface area contributed by atoms with E-state index in [0.717, 1.165) is 18.4 Å². The van der Waals surface area contributed by atoms with Crippen molar-refractivity contribution in [3.8, 4) is 17.1 Å². The molecule has 0 spiro atoms. The van der Waals surface area contributed by atoms with Crippen molar-refractivity contribution in [3.63, 3.8) is 0 Å². The second kappa shape index (κ2) is 9.06. The van der Waals surface area contributed by atoms with Gasteiger partial charge in [0, 0.05) is 23.7 Å². The highest BCUT2D eigenvalue weighted by atomic mass is 35.5. The first-order chi connectivity index (χ1) is 14.9. The smallest absolute Gasteiger partial charge is 0.263 e. The highest BCUT2D eigenvalue weighted by molar-refractivity contribution is 6.30. The highest BCUT2D eigenvalue weighted by Crippen LogP contribution is 2.29. The first-order valence-corrected chi connectivity index (χ1v) is 10.6. The summed E-state index contributed by atoms with van der Waals surface area (Å²) in [4.78, 5) is 19.2. The van der Waals surface area contributed by atoms with Crippen molar-refractivity contribution >= 4 is 17.5 Å². The Balaban J connectivity index is 1.43. The third kappa shape index (κ3) is 4.88. The zero-order valence-corrected chi connectivity index (χ0v) is 18.1. The van der Waals surface area contributed by atoms with Crippen LogP contribution < -0.4 is 4.74 Å². The maximum absolute atomic E-state index is 13.5. The molecule has 2 atom stereocenters. The zero-order valence-electron chi connectivity index (χ0n) is 17.3. The Morgan fingerprint density at radius 2 is 2.16 bits per heavy atom. The molecule has 162 valence electrons. The molecule has 8 heteroatoms. The summed E-state index contributed by atoms with van der Waals surface area (Å²) in [5.74, 6) is 0.909. The first kappa shape index (κ1) is 21.3. The lowest BCUT2D eigenvalue weighted by molar-refractivity contribution is -0.139. The second-order valence-electron chi connectivity index (χ2n) is 7.76. The summed E-state index contributed by atoms with van der Waals surface area (Å²) in [7, 11) is 0. The van der Waals surface area contributed by atoms with E-state index in [2.05, 4.69) is 10.1 Å². The van der Waals surface area contributed by atoms with E-state index in [1.165, 1.54) is 12.1 Å². The monoisotopic (exact) mass is 443 g/mol. The van der Waals surface area contributed by atoms with Crippen LogP contribution in [0.4, 0.5) is 4.39 Å². The number of piperidine rings is 1. The van der Waals surface area contributed by atoms with Gasteiger partial charge in [-0.05, 0) is 62.6 Å². The van der Waals surface area contributed by atoms with Crippen molar-refractivity contribution in [3.05, 3.63) is 64.8 Å². The molecule has 0 radical (unpaired) electrons. The van der Waals surface area contributed by atoms with Crippen LogP contribution in [0.25, 0.3) is 11.4 Å². The number of benzene rings is 2. The molecule has 1 saturated heterocycles. The van der Waals surface area contributed by atoms with Gasteiger partial charge in [0.15, 0.2) is 6.10 Å². The van der Waals surface area contributed by atoms with Crippen molar-refractivity contribution in [2.24, 2.45) is 0 Å². The fourth-order valence-electron chi connectivity index (χ4n) is 3.77. The Hall–Kier alpha value is -2.93. The van der Waals surface area contributed by atoms with E-state index in [4.69, 9.17) is 20.9 Å². The Bertz CT molecular complexity index is 1090. The fourth-order valence-corrected chi connectivity index (χ4v) is 3.99. The van der Waals surface area contributed by atoms with E-state index in [9.17, 15) is 9.18 Å². The molecule has 2 aromatic carbocycles. The summed E-state index contributed by atoms with van der Waals surface area (Å²) >= 11 is 5.99. The zero-order chi connectivity index (χ0) is 22.0. The number of hydrogen-bond donors (Lipinski definition) is 0. The molecule has 2 unspecified atom stereocenters. The maximum atomic E-state index is 13.5. The number of rotatable bonds is 5. The molecule has 0 saturated carbocycles. The maximum Gasteiger partial charge on any atom is 0.263 e. The predicted molar refractivity (Wildman–Crippen MR) is 115 cm³/mol. The van der Waals surface area contributed by atoms with Gasteiger partial charge in [0.2, 0.25) is 11.7 Å². The predicted octanol–water partition coefficient (Wildman–Crippen LogP) is 5.01. The summed E-state index contributed by atoms with van der Waals surface area (Å²) in [5.41, 5.74) is 1.43. The Morgan fingerprint density at radius 1 is 1.32 bits per heavy atom. The van der Waals surface area contributed by atoms with Crippen LogP contribution >= 0.6 is 11.6 Å². The molecular weight excluding hydrogens is 421 g/mol. The summed E-state index contributed by atoms with van der Waals surface area (Å²) in [5, 5.41) is 4.61.